The first-order chi connectivity index (χ1) is 15.6. The zero-order valence-corrected chi connectivity index (χ0v) is 17.2. The highest BCUT2D eigenvalue weighted by molar-refractivity contribution is 6.44. The Balaban J connectivity index is 1.44. The van der Waals surface area contributed by atoms with E-state index in [1.54, 1.807) is 23.1 Å². The molecule has 0 unspecified atom stereocenters. The van der Waals surface area contributed by atoms with E-state index in [0.717, 1.165) is 0 Å². The van der Waals surface area contributed by atoms with Gasteiger partial charge in [0.2, 0.25) is 0 Å². The van der Waals surface area contributed by atoms with Crippen LogP contribution in [0.15, 0.2) is 53.9 Å². The van der Waals surface area contributed by atoms with E-state index in [1.165, 1.54) is 29.7 Å². The Morgan fingerprint density at radius 3 is 2.50 bits per heavy atom. The molecule has 0 bridgehead atoms. The predicted octanol–water partition coefficient (Wildman–Crippen LogP) is -0.0422. The topological polar surface area (TPSA) is 136 Å². The van der Waals surface area contributed by atoms with Gasteiger partial charge in [-0.3, -0.25) is 30.2 Å². The third-order valence-corrected chi connectivity index (χ3v) is 5.23. The molecule has 2 aromatic heterocycles. The van der Waals surface area contributed by atoms with E-state index in [2.05, 4.69) is 20.5 Å². The number of hydrazone groups is 1. The summed E-state index contributed by atoms with van der Waals surface area (Å²) in [5.74, 6) is -1.35. The van der Waals surface area contributed by atoms with E-state index in [4.69, 9.17) is 5.41 Å². The van der Waals surface area contributed by atoms with E-state index >= 15 is 0 Å². The van der Waals surface area contributed by atoms with Crippen LogP contribution in [0.2, 0.25) is 0 Å². The summed E-state index contributed by atoms with van der Waals surface area (Å²) in [6, 6.07) is 10.7. The summed E-state index contributed by atoms with van der Waals surface area (Å²) < 4.78 is 0. The van der Waals surface area contributed by atoms with Crippen LogP contribution >= 0.6 is 0 Å². The lowest BCUT2D eigenvalue weighted by Crippen LogP contribution is -2.52. The minimum Gasteiger partial charge on any atom is -0.357 e. The fraction of sp³-hybridized carbons (Fsp3) is 0.182. The van der Waals surface area contributed by atoms with Gasteiger partial charge in [-0.05, 0) is 18.2 Å². The number of nitrogens with two attached hydrogens (primary N) is 1. The number of hydrogen-bond donors (Lipinski definition) is 3. The van der Waals surface area contributed by atoms with Crippen molar-refractivity contribution in [3.8, 4) is 0 Å². The Hall–Kier alpha value is -4.34. The van der Waals surface area contributed by atoms with Crippen molar-refractivity contribution in [3.05, 3.63) is 59.9 Å². The van der Waals surface area contributed by atoms with Gasteiger partial charge in [0.15, 0.2) is 6.21 Å². The molecule has 10 nitrogen and oxygen atoms in total. The molecular formula is C22H22N7O3+. The van der Waals surface area contributed by atoms with Gasteiger partial charge in [0, 0.05) is 44.1 Å². The molecule has 10 heteroatoms. The quantitative estimate of drug-likeness (QED) is 0.217. The highest BCUT2D eigenvalue weighted by Gasteiger charge is 2.30. The van der Waals surface area contributed by atoms with Gasteiger partial charge in [0.25, 0.3) is 17.6 Å². The van der Waals surface area contributed by atoms with Crippen molar-refractivity contribution >= 4 is 46.7 Å². The number of rotatable bonds is 6. The van der Waals surface area contributed by atoms with Gasteiger partial charge in [-0.1, -0.05) is 18.2 Å². The maximum Gasteiger partial charge on any atom is 0.295 e. The minimum absolute atomic E-state index is 0.0835. The lowest BCUT2D eigenvalue weighted by atomic mass is 10.1. The van der Waals surface area contributed by atoms with Crippen molar-refractivity contribution in [3.63, 3.8) is 0 Å². The highest BCUT2D eigenvalue weighted by atomic mass is 16.2. The van der Waals surface area contributed by atoms with Gasteiger partial charge in [0.05, 0.1) is 16.8 Å². The Morgan fingerprint density at radius 1 is 1.06 bits per heavy atom. The SMILES string of the molecule is [NH2+]=C/C=N\Nc1ccnc2c(C(=O)C(=O)N3CCN(C(=O)c4ccccc4)CC3)c[nH]c12. The summed E-state index contributed by atoms with van der Waals surface area (Å²) in [4.78, 5) is 48.8. The number of anilines is 1. The van der Waals surface area contributed by atoms with Gasteiger partial charge in [0.1, 0.15) is 11.7 Å². The molecule has 162 valence electrons. The molecule has 0 atom stereocenters. The molecule has 0 radical (unpaired) electrons. The number of nitrogens with one attached hydrogen (secondary N) is 2. The maximum absolute atomic E-state index is 12.9. The second-order valence-electron chi connectivity index (χ2n) is 7.15. The molecule has 1 saturated heterocycles. The van der Waals surface area contributed by atoms with Gasteiger partial charge >= 0.3 is 0 Å². The Morgan fingerprint density at radius 2 is 1.78 bits per heavy atom. The van der Waals surface area contributed by atoms with Crippen molar-refractivity contribution < 1.29 is 19.8 Å². The molecule has 0 aliphatic carbocycles. The van der Waals surface area contributed by atoms with Crippen LogP contribution < -0.4 is 10.8 Å². The van der Waals surface area contributed by atoms with Gasteiger partial charge < -0.3 is 14.8 Å². The number of amides is 2. The van der Waals surface area contributed by atoms with Crippen LogP contribution in [-0.4, -0.2) is 76.0 Å². The Kier molecular flexibility index (Phi) is 6.02. The van der Waals surface area contributed by atoms with Crippen LogP contribution in [0.25, 0.3) is 11.0 Å². The smallest absolute Gasteiger partial charge is 0.295 e. The zero-order chi connectivity index (χ0) is 22.5. The Bertz CT molecular complexity index is 1190. The zero-order valence-electron chi connectivity index (χ0n) is 17.2. The van der Waals surface area contributed by atoms with Crippen LogP contribution in [0, 0.1) is 0 Å². The first kappa shape index (κ1) is 20.9. The number of carbonyl (C=O) groups is 3. The number of aromatic amines is 1. The summed E-state index contributed by atoms with van der Waals surface area (Å²) >= 11 is 0. The van der Waals surface area contributed by atoms with Crippen molar-refractivity contribution in [1.29, 1.82) is 0 Å². The van der Waals surface area contributed by atoms with Crippen molar-refractivity contribution in [2.24, 2.45) is 5.10 Å². The number of pyridine rings is 1. The molecule has 3 heterocycles. The number of H-pyrrole nitrogens is 1. The largest absolute Gasteiger partial charge is 0.357 e. The fourth-order valence-corrected chi connectivity index (χ4v) is 3.58. The molecule has 2 amide bonds. The number of benzene rings is 1. The molecule has 1 aliphatic rings. The number of piperazine rings is 1. The molecule has 1 aromatic carbocycles. The average molecular weight is 432 g/mol. The summed E-state index contributed by atoms with van der Waals surface area (Å²) in [5, 5.41) is 9.19. The second-order valence-corrected chi connectivity index (χ2v) is 7.15. The molecule has 1 fully saturated rings. The summed E-state index contributed by atoms with van der Waals surface area (Å²) in [5.41, 5.74) is 5.11. The summed E-state index contributed by atoms with van der Waals surface area (Å²) in [7, 11) is 0. The summed E-state index contributed by atoms with van der Waals surface area (Å²) in [6.45, 7) is 1.30. The van der Waals surface area contributed by atoms with Crippen molar-refractivity contribution in [2.45, 2.75) is 0 Å². The number of ketones is 1. The van der Waals surface area contributed by atoms with Crippen molar-refractivity contribution in [1.82, 2.24) is 19.8 Å². The number of aromatic nitrogens is 2. The fourth-order valence-electron chi connectivity index (χ4n) is 3.58. The second kappa shape index (κ2) is 9.21. The Labute approximate surface area is 183 Å². The molecule has 0 saturated carbocycles. The molecule has 0 spiro atoms. The highest BCUT2D eigenvalue weighted by Crippen LogP contribution is 2.24. The van der Waals surface area contributed by atoms with Gasteiger partial charge in [-0.2, -0.15) is 5.10 Å². The number of hydrogen-bond acceptors (Lipinski definition) is 6. The summed E-state index contributed by atoms with van der Waals surface area (Å²) in [6.07, 6.45) is 5.65. The monoisotopic (exact) mass is 432 g/mol. The molecule has 4 rings (SSSR count). The van der Waals surface area contributed by atoms with E-state index in [-0.39, 0.29) is 24.6 Å². The van der Waals surface area contributed by atoms with Crippen LogP contribution in [-0.2, 0) is 4.79 Å². The van der Waals surface area contributed by atoms with Crippen LogP contribution in [0.1, 0.15) is 20.7 Å². The number of carbonyl (C=O) groups excluding carboxylic acids is 3. The van der Waals surface area contributed by atoms with Gasteiger partial charge in [-0.25, -0.2) is 0 Å². The molecule has 3 aromatic rings. The van der Waals surface area contributed by atoms with E-state index in [9.17, 15) is 14.4 Å². The average Bonchev–Trinajstić information content (AvgIpc) is 3.28. The van der Waals surface area contributed by atoms with Crippen LogP contribution in [0.3, 0.4) is 0 Å². The predicted molar refractivity (Wildman–Crippen MR) is 119 cm³/mol. The minimum atomic E-state index is -0.650. The van der Waals surface area contributed by atoms with Crippen LogP contribution in [0.4, 0.5) is 5.69 Å². The molecule has 32 heavy (non-hydrogen) atoms. The van der Waals surface area contributed by atoms with Crippen molar-refractivity contribution in [2.75, 3.05) is 31.6 Å². The lowest BCUT2D eigenvalue weighted by Gasteiger charge is -2.34. The first-order valence-corrected chi connectivity index (χ1v) is 10.1. The maximum atomic E-state index is 12.9. The standard InChI is InChI=1S/C22H21N7O3/c23-7-9-26-27-17-6-8-24-18-16(14-25-19(17)18)20(30)22(32)29-12-10-28(11-13-29)21(31)15-4-2-1-3-5-15/h1-9,14,23,25H,10-13H2,(H,24,27)/p+1/b23-7?,26-9-. The third-order valence-electron chi connectivity index (χ3n) is 5.23. The first-order valence-electron chi connectivity index (χ1n) is 10.1. The molecule has 1 aliphatic heterocycles. The number of fused-ring (bicyclic) bond motifs is 1. The van der Waals surface area contributed by atoms with E-state index in [1.807, 2.05) is 18.2 Å². The number of Topliss-reactive ketones (excluding diaryl/α,β-unsaturated/α-hetero) is 1. The van der Waals surface area contributed by atoms with Crippen LogP contribution in [0.5, 0.6) is 0 Å². The molecule has 4 N–H and O–H groups in total. The molecular weight excluding hydrogens is 410 g/mol. The lowest BCUT2D eigenvalue weighted by molar-refractivity contribution is -0.127. The number of nitrogens with zero attached hydrogens (tertiary/aromatic N) is 4. The van der Waals surface area contributed by atoms with E-state index in [0.29, 0.717) is 35.4 Å². The normalized spacial score (nSPS) is 14.0. The van der Waals surface area contributed by atoms with Gasteiger partial charge in [-0.15, -0.1) is 0 Å². The third kappa shape index (κ3) is 4.10. The van der Waals surface area contributed by atoms with E-state index < -0.39 is 11.7 Å².